The Morgan fingerprint density at radius 2 is 1.79 bits per heavy atom. The lowest BCUT2D eigenvalue weighted by atomic mass is 10.1. The second-order valence-electron chi connectivity index (χ2n) is 7.53. The molecule has 0 unspecified atom stereocenters. The van der Waals surface area contributed by atoms with Crippen LogP contribution in [0.25, 0.3) is 11.3 Å². The molecule has 0 spiro atoms. The summed E-state index contributed by atoms with van der Waals surface area (Å²) in [6, 6.07) is 22.3. The molecule has 0 amide bonds. The van der Waals surface area contributed by atoms with Gasteiger partial charge in [0.15, 0.2) is 5.69 Å². The lowest BCUT2D eigenvalue weighted by molar-refractivity contribution is -0.386. The molecule has 9 heteroatoms. The molecule has 1 atom stereocenters. The predicted octanol–water partition coefficient (Wildman–Crippen LogP) is 5.55. The number of nitrogens with one attached hydrogen (secondary N) is 1. The van der Waals surface area contributed by atoms with Crippen molar-refractivity contribution in [2.75, 3.05) is 5.32 Å². The van der Waals surface area contributed by atoms with Crippen molar-refractivity contribution in [2.24, 2.45) is 0 Å². The van der Waals surface area contributed by atoms with Gasteiger partial charge in [-0.3, -0.25) is 10.1 Å². The zero-order chi connectivity index (χ0) is 22.8. The number of hydrogen-bond donors (Lipinski definition) is 1. The SMILES string of the molecule is Cc1ccc(CSc2nnc3c(n2)O[C@@H](c2ccccc2[N+](=O)[O-])Nc2ccccc2-3)cc1. The minimum Gasteiger partial charge on any atom is -0.447 e. The number of para-hydroxylation sites is 2. The molecule has 0 bridgehead atoms. The fraction of sp³-hybridized carbons (Fsp3) is 0.125. The lowest BCUT2D eigenvalue weighted by Crippen LogP contribution is -2.18. The third kappa shape index (κ3) is 4.35. The maximum Gasteiger partial charge on any atom is 0.278 e. The summed E-state index contributed by atoms with van der Waals surface area (Å²) >= 11 is 1.45. The van der Waals surface area contributed by atoms with Crippen molar-refractivity contribution in [1.82, 2.24) is 15.2 Å². The highest BCUT2D eigenvalue weighted by Crippen LogP contribution is 2.41. The third-order valence-corrected chi connectivity index (χ3v) is 6.15. The van der Waals surface area contributed by atoms with Gasteiger partial charge in [0.05, 0.1) is 10.5 Å². The molecule has 0 fully saturated rings. The average molecular weight is 458 g/mol. The molecular formula is C24H19N5O3S. The summed E-state index contributed by atoms with van der Waals surface area (Å²) in [5, 5.41) is 24.0. The number of thioether (sulfide) groups is 1. The molecular weight excluding hydrogens is 438 g/mol. The molecule has 0 saturated carbocycles. The van der Waals surface area contributed by atoms with E-state index in [0.717, 1.165) is 16.8 Å². The zero-order valence-electron chi connectivity index (χ0n) is 17.6. The minimum atomic E-state index is -0.819. The van der Waals surface area contributed by atoms with E-state index in [1.165, 1.54) is 23.4 Å². The van der Waals surface area contributed by atoms with Gasteiger partial charge in [-0.1, -0.05) is 71.9 Å². The number of nitro benzene ring substituents is 1. The number of nitro groups is 1. The molecule has 8 nitrogen and oxygen atoms in total. The molecule has 1 N–H and O–H groups in total. The Morgan fingerprint density at radius 1 is 1.03 bits per heavy atom. The van der Waals surface area contributed by atoms with Gasteiger partial charge >= 0.3 is 0 Å². The van der Waals surface area contributed by atoms with Gasteiger partial charge < -0.3 is 10.1 Å². The Balaban J connectivity index is 1.51. The standard InChI is InChI=1S/C24H19N5O3S/c1-15-10-12-16(13-11-15)14-33-24-26-23-21(27-28-24)17-6-2-4-8-19(17)25-22(32-23)18-7-3-5-9-20(18)29(30)31/h2-13,22,25H,14H2,1H3/t22-/m0/s1. The number of benzene rings is 3. The molecule has 0 radical (unpaired) electrons. The molecule has 4 aromatic rings. The largest absolute Gasteiger partial charge is 0.447 e. The van der Waals surface area contributed by atoms with Crippen LogP contribution in [0.3, 0.4) is 0 Å². The quantitative estimate of drug-likeness (QED) is 0.236. The van der Waals surface area contributed by atoms with Crippen LogP contribution in [0, 0.1) is 17.0 Å². The average Bonchev–Trinajstić information content (AvgIpc) is 3.00. The molecule has 3 aromatic carbocycles. The first-order chi connectivity index (χ1) is 16.1. The van der Waals surface area contributed by atoms with E-state index in [4.69, 9.17) is 4.74 Å². The number of aromatic nitrogens is 3. The Bertz CT molecular complexity index is 1330. The summed E-state index contributed by atoms with van der Waals surface area (Å²) in [4.78, 5) is 15.8. The van der Waals surface area contributed by atoms with Gasteiger partial charge in [-0.05, 0) is 24.6 Å². The lowest BCUT2D eigenvalue weighted by Gasteiger charge is -2.19. The van der Waals surface area contributed by atoms with E-state index in [9.17, 15) is 10.1 Å². The highest BCUT2D eigenvalue weighted by Gasteiger charge is 2.30. The first kappa shape index (κ1) is 20.9. The van der Waals surface area contributed by atoms with Crippen molar-refractivity contribution < 1.29 is 9.66 Å². The van der Waals surface area contributed by atoms with Crippen LogP contribution < -0.4 is 10.1 Å². The summed E-state index contributed by atoms with van der Waals surface area (Å²) in [5.41, 5.74) is 4.70. The van der Waals surface area contributed by atoms with E-state index in [1.54, 1.807) is 18.2 Å². The maximum absolute atomic E-state index is 11.6. The number of fused-ring (bicyclic) bond motifs is 3. The first-order valence-corrected chi connectivity index (χ1v) is 11.3. The van der Waals surface area contributed by atoms with Gasteiger partial charge in [-0.2, -0.15) is 4.98 Å². The van der Waals surface area contributed by atoms with Crippen molar-refractivity contribution in [3.8, 4) is 17.1 Å². The fourth-order valence-electron chi connectivity index (χ4n) is 3.56. The first-order valence-electron chi connectivity index (χ1n) is 10.3. The van der Waals surface area contributed by atoms with Gasteiger partial charge in [0, 0.05) is 23.1 Å². The van der Waals surface area contributed by atoms with E-state index >= 15 is 0 Å². The molecule has 5 rings (SSSR count). The summed E-state index contributed by atoms with van der Waals surface area (Å²) in [7, 11) is 0. The predicted molar refractivity (Wildman–Crippen MR) is 126 cm³/mol. The van der Waals surface area contributed by atoms with Crippen LogP contribution in [0.1, 0.15) is 22.9 Å². The number of nitrogens with zero attached hydrogens (tertiary/aromatic N) is 4. The minimum absolute atomic E-state index is 0.0353. The second-order valence-corrected chi connectivity index (χ2v) is 8.47. The van der Waals surface area contributed by atoms with Gasteiger partial charge in [-0.15, -0.1) is 10.2 Å². The molecule has 0 aliphatic carbocycles. The van der Waals surface area contributed by atoms with Gasteiger partial charge in [0.2, 0.25) is 17.3 Å². The van der Waals surface area contributed by atoms with E-state index in [1.807, 2.05) is 31.2 Å². The van der Waals surface area contributed by atoms with Crippen LogP contribution >= 0.6 is 11.8 Å². The van der Waals surface area contributed by atoms with Crippen LogP contribution in [0.2, 0.25) is 0 Å². The van der Waals surface area contributed by atoms with E-state index in [2.05, 4.69) is 44.8 Å². The van der Waals surface area contributed by atoms with Gasteiger partial charge in [-0.25, -0.2) is 0 Å². The van der Waals surface area contributed by atoms with Crippen molar-refractivity contribution in [1.29, 1.82) is 0 Å². The third-order valence-electron chi connectivity index (χ3n) is 5.24. The fourth-order valence-corrected chi connectivity index (χ4v) is 4.29. The molecule has 1 aliphatic rings. The van der Waals surface area contributed by atoms with Crippen LogP contribution in [0.15, 0.2) is 78.0 Å². The Kier molecular flexibility index (Phi) is 5.62. The highest BCUT2D eigenvalue weighted by atomic mass is 32.2. The van der Waals surface area contributed by atoms with Crippen LogP contribution in [-0.2, 0) is 5.75 Å². The van der Waals surface area contributed by atoms with Gasteiger partial charge in [0.1, 0.15) is 0 Å². The summed E-state index contributed by atoms with van der Waals surface area (Å²) in [6.07, 6.45) is -0.819. The summed E-state index contributed by atoms with van der Waals surface area (Å²) in [5.74, 6) is 0.959. The van der Waals surface area contributed by atoms with Gasteiger partial charge in [0.25, 0.3) is 5.69 Å². The summed E-state index contributed by atoms with van der Waals surface area (Å²) < 4.78 is 6.18. The smallest absolute Gasteiger partial charge is 0.278 e. The molecule has 0 saturated heterocycles. The van der Waals surface area contributed by atoms with Crippen LogP contribution in [-0.4, -0.2) is 20.1 Å². The summed E-state index contributed by atoms with van der Waals surface area (Å²) in [6.45, 7) is 2.05. The normalized spacial score (nSPS) is 14.3. The van der Waals surface area contributed by atoms with Crippen molar-refractivity contribution in [3.63, 3.8) is 0 Å². The Labute approximate surface area is 194 Å². The van der Waals surface area contributed by atoms with Crippen molar-refractivity contribution in [3.05, 3.63) is 99.6 Å². The topological polar surface area (TPSA) is 103 Å². The molecule has 33 heavy (non-hydrogen) atoms. The maximum atomic E-state index is 11.6. The molecule has 164 valence electrons. The van der Waals surface area contributed by atoms with E-state index in [-0.39, 0.29) is 11.6 Å². The molecule has 1 aromatic heterocycles. The molecule has 2 heterocycles. The Morgan fingerprint density at radius 3 is 2.61 bits per heavy atom. The van der Waals surface area contributed by atoms with E-state index < -0.39 is 11.2 Å². The highest BCUT2D eigenvalue weighted by molar-refractivity contribution is 7.98. The molecule has 1 aliphatic heterocycles. The van der Waals surface area contributed by atoms with Crippen LogP contribution in [0.4, 0.5) is 11.4 Å². The van der Waals surface area contributed by atoms with E-state index in [0.29, 0.717) is 22.2 Å². The monoisotopic (exact) mass is 457 g/mol. The number of anilines is 1. The van der Waals surface area contributed by atoms with Crippen LogP contribution in [0.5, 0.6) is 5.88 Å². The van der Waals surface area contributed by atoms with Crippen molar-refractivity contribution in [2.45, 2.75) is 24.1 Å². The number of hydrogen-bond acceptors (Lipinski definition) is 8. The number of aryl methyl sites for hydroxylation is 1. The second kappa shape index (κ2) is 8.87. The van der Waals surface area contributed by atoms with Crippen molar-refractivity contribution >= 4 is 23.1 Å². The zero-order valence-corrected chi connectivity index (χ0v) is 18.5. The Hall–Kier alpha value is -3.98. The number of rotatable bonds is 5. The number of ether oxygens (including phenoxy) is 1.